The molecule has 6 heteroatoms. The number of nitrogens with two attached hydrogens (primary N) is 1. The highest BCUT2D eigenvalue weighted by Crippen LogP contribution is 2.24. The third-order valence-electron chi connectivity index (χ3n) is 2.39. The van der Waals surface area contributed by atoms with Crippen LogP contribution in [0.3, 0.4) is 0 Å². The van der Waals surface area contributed by atoms with E-state index in [0.29, 0.717) is 17.1 Å². The molecule has 1 unspecified atom stereocenters. The van der Waals surface area contributed by atoms with Gasteiger partial charge in [-0.25, -0.2) is 9.97 Å². The molecule has 5 nitrogen and oxygen atoms in total. The van der Waals surface area contributed by atoms with Crippen molar-refractivity contribution in [3.8, 4) is 6.07 Å². The Morgan fingerprint density at radius 2 is 2.22 bits per heavy atom. The zero-order valence-corrected chi connectivity index (χ0v) is 11.0. The van der Waals surface area contributed by atoms with Gasteiger partial charge in [0, 0.05) is 11.1 Å². The number of aromatic nitrogens is 2. The normalized spacial score (nSPS) is 11.8. The molecule has 2 aromatic heterocycles. The summed E-state index contributed by atoms with van der Waals surface area (Å²) in [4.78, 5) is 9.60. The maximum Gasteiger partial charge on any atom is 0.144 e. The van der Waals surface area contributed by atoms with E-state index in [-0.39, 0.29) is 6.04 Å². The first-order valence-corrected chi connectivity index (χ1v) is 6.26. The van der Waals surface area contributed by atoms with Crippen LogP contribution in [0.4, 0.5) is 11.5 Å². The predicted octanol–water partition coefficient (Wildman–Crippen LogP) is 2.47. The first kappa shape index (κ1) is 12.3. The quantitative estimate of drug-likeness (QED) is 0.884. The molecule has 0 aliphatic rings. The van der Waals surface area contributed by atoms with E-state index < -0.39 is 0 Å². The molecule has 0 fully saturated rings. The van der Waals surface area contributed by atoms with Gasteiger partial charge in [-0.2, -0.15) is 5.26 Å². The van der Waals surface area contributed by atoms with Gasteiger partial charge in [0.2, 0.25) is 0 Å². The highest BCUT2D eigenvalue weighted by molar-refractivity contribution is 7.11. The number of nitrogen functional groups attached to an aromatic ring is 1. The minimum Gasteiger partial charge on any atom is -0.397 e. The van der Waals surface area contributed by atoms with Gasteiger partial charge in [-0.15, -0.1) is 11.3 Å². The Hall–Kier alpha value is -2.13. The molecule has 18 heavy (non-hydrogen) atoms. The summed E-state index contributed by atoms with van der Waals surface area (Å²) in [6, 6.07) is 3.69. The number of pyridine rings is 1. The lowest BCUT2D eigenvalue weighted by atomic mass is 10.2. The number of aryl methyl sites for hydroxylation is 1. The molecule has 0 spiro atoms. The number of hydrogen-bond acceptors (Lipinski definition) is 6. The SMILES string of the molecule is Cc1cnc(C(C)Nc2ncc(N)cc2C#N)s1. The third kappa shape index (κ3) is 2.57. The number of hydrogen-bond donors (Lipinski definition) is 2. The summed E-state index contributed by atoms with van der Waals surface area (Å²) in [6.45, 7) is 3.99. The van der Waals surface area contributed by atoms with Crippen LogP contribution in [0.2, 0.25) is 0 Å². The van der Waals surface area contributed by atoms with Crippen molar-refractivity contribution in [3.63, 3.8) is 0 Å². The standard InChI is InChI=1S/C12H13N5S/c1-7-5-16-12(18-7)8(2)17-11-9(4-13)3-10(14)6-15-11/h3,5-6,8H,14H2,1-2H3,(H,15,17). The fourth-order valence-corrected chi connectivity index (χ4v) is 2.30. The lowest BCUT2D eigenvalue weighted by molar-refractivity contribution is 0.860. The summed E-state index contributed by atoms with van der Waals surface area (Å²) in [5.74, 6) is 0.534. The summed E-state index contributed by atoms with van der Waals surface area (Å²) in [5, 5.41) is 13.2. The molecule has 0 aliphatic carbocycles. The number of nitrogens with zero attached hydrogens (tertiary/aromatic N) is 3. The van der Waals surface area contributed by atoms with Gasteiger partial charge in [0.1, 0.15) is 16.9 Å². The van der Waals surface area contributed by atoms with Gasteiger partial charge >= 0.3 is 0 Å². The van der Waals surface area contributed by atoms with Crippen LogP contribution in [0.5, 0.6) is 0 Å². The number of rotatable bonds is 3. The second-order valence-corrected chi connectivity index (χ2v) is 5.22. The predicted molar refractivity (Wildman–Crippen MR) is 72.3 cm³/mol. The fourth-order valence-electron chi connectivity index (χ4n) is 1.52. The van der Waals surface area contributed by atoms with Gasteiger partial charge in [-0.05, 0) is 19.9 Å². The highest BCUT2D eigenvalue weighted by atomic mass is 32.1. The van der Waals surface area contributed by atoms with Gasteiger partial charge in [0.25, 0.3) is 0 Å². The van der Waals surface area contributed by atoms with E-state index >= 15 is 0 Å². The fraction of sp³-hybridized carbons (Fsp3) is 0.250. The molecule has 0 bridgehead atoms. The Bertz CT molecular complexity index is 599. The average molecular weight is 259 g/mol. The van der Waals surface area contributed by atoms with Crippen LogP contribution >= 0.6 is 11.3 Å². The third-order valence-corrected chi connectivity index (χ3v) is 3.49. The Balaban J connectivity index is 2.22. The summed E-state index contributed by atoms with van der Waals surface area (Å²) in [5.41, 5.74) is 6.52. The lowest BCUT2D eigenvalue weighted by Gasteiger charge is -2.13. The molecule has 92 valence electrons. The minimum absolute atomic E-state index is 0.00641. The van der Waals surface area contributed by atoms with Crippen molar-refractivity contribution in [3.05, 3.63) is 33.9 Å². The van der Waals surface area contributed by atoms with Gasteiger partial charge in [0.05, 0.1) is 23.5 Å². The molecular formula is C12H13N5S. The van der Waals surface area contributed by atoms with Crippen LogP contribution in [0, 0.1) is 18.3 Å². The second-order valence-electron chi connectivity index (χ2n) is 3.95. The van der Waals surface area contributed by atoms with Crippen LogP contribution in [0.1, 0.15) is 28.4 Å². The van der Waals surface area contributed by atoms with E-state index in [0.717, 1.165) is 9.88 Å². The van der Waals surface area contributed by atoms with Gasteiger partial charge in [0.15, 0.2) is 0 Å². The van der Waals surface area contributed by atoms with E-state index in [1.165, 1.54) is 6.20 Å². The Kier molecular flexibility index (Phi) is 3.44. The Morgan fingerprint density at radius 3 is 2.83 bits per heavy atom. The van der Waals surface area contributed by atoms with Crippen molar-refractivity contribution in [2.75, 3.05) is 11.1 Å². The van der Waals surface area contributed by atoms with E-state index in [9.17, 15) is 0 Å². The first-order chi connectivity index (χ1) is 8.60. The topological polar surface area (TPSA) is 87.6 Å². The smallest absolute Gasteiger partial charge is 0.144 e. The van der Waals surface area contributed by atoms with Crippen molar-refractivity contribution in [2.24, 2.45) is 0 Å². The van der Waals surface area contributed by atoms with E-state index in [1.807, 2.05) is 20.0 Å². The molecule has 2 rings (SSSR count). The molecule has 1 atom stereocenters. The maximum absolute atomic E-state index is 9.03. The van der Waals surface area contributed by atoms with Crippen LogP contribution < -0.4 is 11.1 Å². The van der Waals surface area contributed by atoms with Crippen molar-refractivity contribution < 1.29 is 0 Å². The molecule has 2 aromatic rings. The summed E-state index contributed by atoms with van der Waals surface area (Å²) >= 11 is 1.62. The van der Waals surface area contributed by atoms with Crippen LogP contribution in [0.25, 0.3) is 0 Å². The van der Waals surface area contributed by atoms with E-state index in [2.05, 4.69) is 21.4 Å². The van der Waals surface area contributed by atoms with Crippen molar-refractivity contribution in [1.29, 1.82) is 5.26 Å². The summed E-state index contributed by atoms with van der Waals surface area (Å²) in [6.07, 6.45) is 3.36. The molecule has 0 saturated heterocycles. The van der Waals surface area contributed by atoms with Crippen LogP contribution in [0.15, 0.2) is 18.5 Å². The number of nitrogens with one attached hydrogen (secondary N) is 1. The molecule has 2 heterocycles. The monoisotopic (exact) mass is 259 g/mol. The highest BCUT2D eigenvalue weighted by Gasteiger charge is 2.12. The van der Waals surface area contributed by atoms with Crippen molar-refractivity contribution in [2.45, 2.75) is 19.9 Å². The number of anilines is 2. The molecule has 0 radical (unpaired) electrons. The Morgan fingerprint density at radius 1 is 1.44 bits per heavy atom. The molecule has 0 amide bonds. The summed E-state index contributed by atoms with van der Waals surface area (Å²) in [7, 11) is 0. The molecular weight excluding hydrogens is 246 g/mol. The first-order valence-electron chi connectivity index (χ1n) is 5.44. The number of nitriles is 1. The zero-order valence-electron chi connectivity index (χ0n) is 10.1. The second kappa shape index (κ2) is 5.02. The Labute approximate surface area is 109 Å². The van der Waals surface area contributed by atoms with Gasteiger partial charge < -0.3 is 11.1 Å². The molecule has 0 aromatic carbocycles. The van der Waals surface area contributed by atoms with Crippen LogP contribution in [-0.2, 0) is 0 Å². The minimum atomic E-state index is 0.00641. The van der Waals surface area contributed by atoms with Gasteiger partial charge in [-0.3, -0.25) is 0 Å². The van der Waals surface area contributed by atoms with E-state index in [4.69, 9.17) is 11.0 Å². The molecule has 0 saturated carbocycles. The molecule has 3 N–H and O–H groups in total. The lowest BCUT2D eigenvalue weighted by Crippen LogP contribution is -2.09. The zero-order chi connectivity index (χ0) is 13.1. The van der Waals surface area contributed by atoms with Crippen molar-refractivity contribution in [1.82, 2.24) is 9.97 Å². The largest absolute Gasteiger partial charge is 0.397 e. The molecule has 0 aliphatic heterocycles. The maximum atomic E-state index is 9.03. The van der Waals surface area contributed by atoms with Gasteiger partial charge in [-0.1, -0.05) is 0 Å². The van der Waals surface area contributed by atoms with Crippen molar-refractivity contribution >= 4 is 22.8 Å². The van der Waals surface area contributed by atoms with E-state index in [1.54, 1.807) is 17.4 Å². The number of thiazole rings is 1. The summed E-state index contributed by atoms with van der Waals surface area (Å²) < 4.78 is 0. The van der Waals surface area contributed by atoms with Crippen LogP contribution in [-0.4, -0.2) is 9.97 Å². The average Bonchev–Trinajstić information content (AvgIpc) is 2.78.